The highest BCUT2D eigenvalue weighted by molar-refractivity contribution is 9.10. The lowest BCUT2D eigenvalue weighted by Crippen LogP contribution is -2.16. The first-order valence-corrected chi connectivity index (χ1v) is 7.09. The van der Waals surface area contributed by atoms with Gasteiger partial charge in [-0.2, -0.15) is 0 Å². The molecule has 1 aromatic heterocycles. The summed E-state index contributed by atoms with van der Waals surface area (Å²) in [5.74, 6) is 1.93. The molecule has 4 heteroatoms. The lowest BCUT2D eigenvalue weighted by Gasteiger charge is -2.20. The first-order valence-electron chi connectivity index (χ1n) is 6.29. The molecule has 0 aliphatic heterocycles. The predicted octanol–water partition coefficient (Wildman–Crippen LogP) is 3.71. The zero-order valence-electron chi connectivity index (χ0n) is 11.5. The summed E-state index contributed by atoms with van der Waals surface area (Å²) in [6, 6.07) is 10.4. The van der Waals surface area contributed by atoms with E-state index in [0.717, 1.165) is 34.8 Å². The standard InChI is InChI=1S/C15H19BrN2O/c1-11-4-6-13(19-11)10-18(3)15-7-5-12(9-17-2)8-14(15)16/h4-8,17H,9-10H2,1-3H3. The number of rotatable bonds is 5. The van der Waals surface area contributed by atoms with Gasteiger partial charge in [0, 0.05) is 18.1 Å². The molecule has 19 heavy (non-hydrogen) atoms. The van der Waals surface area contributed by atoms with Crippen LogP contribution in [0.3, 0.4) is 0 Å². The molecule has 1 N–H and O–H groups in total. The number of anilines is 1. The Hall–Kier alpha value is -1.26. The first kappa shape index (κ1) is 14.2. The molecule has 102 valence electrons. The van der Waals surface area contributed by atoms with Gasteiger partial charge in [-0.1, -0.05) is 6.07 Å². The molecular weight excluding hydrogens is 304 g/mol. The average Bonchev–Trinajstić information content (AvgIpc) is 2.75. The van der Waals surface area contributed by atoms with Crippen LogP contribution in [-0.2, 0) is 13.1 Å². The second-order valence-corrected chi connectivity index (χ2v) is 5.54. The largest absolute Gasteiger partial charge is 0.464 e. The van der Waals surface area contributed by atoms with Gasteiger partial charge in [0.05, 0.1) is 12.2 Å². The second-order valence-electron chi connectivity index (χ2n) is 4.68. The number of hydrogen-bond donors (Lipinski definition) is 1. The van der Waals surface area contributed by atoms with E-state index in [1.807, 2.05) is 26.1 Å². The maximum Gasteiger partial charge on any atom is 0.123 e. The van der Waals surface area contributed by atoms with Crippen molar-refractivity contribution in [3.05, 3.63) is 51.9 Å². The Labute approximate surface area is 122 Å². The summed E-state index contributed by atoms with van der Waals surface area (Å²) >= 11 is 3.64. The summed E-state index contributed by atoms with van der Waals surface area (Å²) in [6.45, 7) is 3.60. The van der Waals surface area contributed by atoms with Gasteiger partial charge in [-0.05, 0) is 59.7 Å². The zero-order valence-corrected chi connectivity index (χ0v) is 13.1. The topological polar surface area (TPSA) is 28.4 Å². The van der Waals surface area contributed by atoms with Crippen molar-refractivity contribution in [2.75, 3.05) is 19.0 Å². The van der Waals surface area contributed by atoms with Crippen molar-refractivity contribution in [1.29, 1.82) is 0 Å². The van der Waals surface area contributed by atoms with Crippen LogP contribution in [0, 0.1) is 6.92 Å². The molecule has 0 saturated carbocycles. The third kappa shape index (κ3) is 3.61. The smallest absolute Gasteiger partial charge is 0.123 e. The normalized spacial score (nSPS) is 10.7. The van der Waals surface area contributed by atoms with E-state index < -0.39 is 0 Å². The van der Waals surface area contributed by atoms with Gasteiger partial charge in [0.1, 0.15) is 11.5 Å². The van der Waals surface area contributed by atoms with Gasteiger partial charge in [0.2, 0.25) is 0 Å². The molecule has 0 amide bonds. The molecule has 0 radical (unpaired) electrons. The van der Waals surface area contributed by atoms with Crippen molar-refractivity contribution in [3.63, 3.8) is 0 Å². The Morgan fingerprint density at radius 1 is 1.26 bits per heavy atom. The molecule has 2 aromatic rings. The number of halogens is 1. The van der Waals surface area contributed by atoms with E-state index in [9.17, 15) is 0 Å². The summed E-state index contributed by atoms with van der Waals surface area (Å²) in [5.41, 5.74) is 2.43. The van der Waals surface area contributed by atoms with Gasteiger partial charge in [0.15, 0.2) is 0 Å². The fourth-order valence-corrected chi connectivity index (χ4v) is 2.79. The van der Waals surface area contributed by atoms with Crippen LogP contribution < -0.4 is 10.2 Å². The number of aryl methyl sites for hydroxylation is 1. The van der Waals surface area contributed by atoms with E-state index in [4.69, 9.17) is 4.42 Å². The van der Waals surface area contributed by atoms with Gasteiger partial charge in [-0.25, -0.2) is 0 Å². The van der Waals surface area contributed by atoms with Gasteiger partial charge < -0.3 is 14.6 Å². The minimum absolute atomic E-state index is 0.762. The van der Waals surface area contributed by atoms with Crippen molar-refractivity contribution in [3.8, 4) is 0 Å². The van der Waals surface area contributed by atoms with Gasteiger partial charge >= 0.3 is 0 Å². The summed E-state index contributed by atoms with van der Waals surface area (Å²) in [5, 5.41) is 3.15. The maximum absolute atomic E-state index is 5.61. The highest BCUT2D eigenvalue weighted by Crippen LogP contribution is 2.28. The monoisotopic (exact) mass is 322 g/mol. The minimum Gasteiger partial charge on any atom is -0.464 e. The summed E-state index contributed by atoms with van der Waals surface area (Å²) < 4.78 is 6.71. The van der Waals surface area contributed by atoms with Crippen molar-refractivity contribution in [2.24, 2.45) is 0 Å². The highest BCUT2D eigenvalue weighted by Gasteiger charge is 2.09. The molecule has 2 rings (SSSR count). The third-order valence-electron chi connectivity index (χ3n) is 2.99. The number of nitrogens with zero attached hydrogens (tertiary/aromatic N) is 1. The quantitative estimate of drug-likeness (QED) is 0.909. The van der Waals surface area contributed by atoms with Crippen molar-refractivity contribution < 1.29 is 4.42 Å². The molecule has 0 unspecified atom stereocenters. The number of benzene rings is 1. The van der Waals surface area contributed by atoms with Crippen LogP contribution in [-0.4, -0.2) is 14.1 Å². The molecule has 0 atom stereocenters. The Morgan fingerprint density at radius 3 is 2.63 bits per heavy atom. The van der Waals surface area contributed by atoms with Gasteiger partial charge in [-0.15, -0.1) is 0 Å². The van der Waals surface area contributed by atoms with E-state index in [1.165, 1.54) is 5.56 Å². The number of furan rings is 1. The van der Waals surface area contributed by atoms with E-state index in [1.54, 1.807) is 0 Å². The van der Waals surface area contributed by atoms with Crippen LogP contribution in [0.25, 0.3) is 0 Å². The van der Waals surface area contributed by atoms with Gasteiger partial charge in [0.25, 0.3) is 0 Å². The molecular formula is C15H19BrN2O. The Kier molecular flexibility index (Phi) is 4.66. The molecule has 3 nitrogen and oxygen atoms in total. The molecule has 1 aromatic carbocycles. The van der Waals surface area contributed by atoms with Crippen LogP contribution >= 0.6 is 15.9 Å². The minimum atomic E-state index is 0.762. The fraction of sp³-hybridized carbons (Fsp3) is 0.333. The van der Waals surface area contributed by atoms with E-state index >= 15 is 0 Å². The Balaban J connectivity index is 2.12. The van der Waals surface area contributed by atoms with E-state index in [0.29, 0.717) is 0 Å². The zero-order chi connectivity index (χ0) is 13.8. The summed E-state index contributed by atoms with van der Waals surface area (Å²) in [6.07, 6.45) is 0. The first-order chi connectivity index (χ1) is 9.10. The van der Waals surface area contributed by atoms with Crippen LogP contribution in [0.5, 0.6) is 0 Å². The van der Waals surface area contributed by atoms with Crippen LogP contribution in [0.15, 0.2) is 39.2 Å². The van der Waals surface area contributed by atoms with Crippen molar-refractivity contribution in [1.82, 2.24) is 5.32 Å². The average molecular weight is 323 g/mol. The van der Waals surface area contributed by atoms with E-state index in [2.05, 4.69) is 51.4 Å². The lowest BCUT2D eigenvalue weighted by molar-refractivity contribution is 0.481. The predicted molar refractivity (Wildman–Crippen MR) is 82.5 cm³/mol. The molecule has 0 fully saturated rings. The molecule has 0 aliphatic rings. The van der Waals surface area contributed by atoms with Crippen molar-refractivity contribution in [2.45, 2.75) is 20.0 Å². The maximum atomic E-state index is 5.61. The van der Waals surface area contributed by atoms with Gasteiger partial charge in [-0.3, -0.25) is 0 Å². The second kappa shape index (κ2) is 6.26. The Bertz CT molecular complexity index is 551. The highest BCUT2D eigenvalue weighted by atomic mass is 79.9. The number of nitrogens with one attached hydrogen (secondary N) is 1. The molecule has 0 bridgehead atoms. The number of hydrogen-bond acceptors (Lipinski definition) is 3. The molecule has 0 saturated heterocycles. The van der Waals surface area contributed by atoms with E-state index in [-0.39, 0.29) is 0 Å². The fourth-order valence-electron chi connectivity index (χ4n) is 2.06. The third-order valence-corrected chi connectivity index (χ3v) is 3.63. The van der Waals surface area contributed by atoms with Crippen LogP contribution in [0.4, 0.5) is 5.69 Å². The summed E-state index contributed by atoms with van der Waals surface area (Å²) in [7, 11) is 4.02. The summed E-state index contributed by atoms with van der Waals surface area (Å²) in [4.78, 5) is 2.17. The van der Waals surface area contributed by atoms with Crippen molar-refractivity contribution >= 4 is 21.6 Å². The van der Waals surface area contributed by atoms with Crippen LogP contribution in [0.1, 0.15) is 17.1 Å². The molecule has 0 spiro atoms. The molecule has 1 heterocycles. The lowest BCUT2D eigenvalue weighted by atomic mass is 10.2. The SMILES string of the molecule is CNCc1ccc(N(C)Cc2ccc(C)o2)c(Br)c1. The van der Waals surface area contributed by atoms with Crippen LogP contribution in [0.2, 0.25) is 0 Å². The Morgan fingerprint density at radius 2 is 2.05 bits per heavy atom. The molecule has 0 aliphatic carbocycles.